The number of imidazole rings is 2. The first-order valence-corrected chi connectivity index (χ1v) is 4.76. The maximum Gasteiger partial charge on any atom is 0.0922 e. The van der Waals surface area contributed by atoms with Gasteiger partial charge in [-0.05, 0) is 0 Å². The van der Waals surface area contributed by atoms with E-state index in [-0.39, 0.29) is 5.41 Å². The molecule has 0 amide bonds. The molecule has 0 atom stereocenters. The van der Waals surface area contributed by atoms with Crippen molar-refractivity contribution in [2.45, 2.75) is 5.41 Å². The highest BCUT2D eigenvalue weighted by Gasteiger charge is 2.33. The van der Waals surface area contributed by atoms with Gasteiger partial charge < -0.3 is 9.97 Å². The van der Waals surface area contributed by atoms with Crippen molar-refractivity contribution in [3.05, 3.63) is 60.7 Å². The Morgan fingerprint density at radius 1 is 0.867 bits per heavy atom. The fourth-order valence-electron chi connectivity index (χ4n) is 1.94. The normalized spacial score (nSPS) is 17.3. The lowest BCUT2D eigenvalue weighted by Crippen LogP contribution is -2.21. The van der Waals surface area contributed by atoms with Gasteiger partial charge in [-0.25, -0.2) is 9.97 Å². The van der Waals surface area contributed by atoms with Gasteiger partial charge in [0.15, 0.2) is 0 Å². The van der Waals surface area contributed by atoms with Crippen molar-refractivity contribution in [2.75, 3.05) is 0 Å². The third-order valence-corrected chi connectivity index (χ3v) is 2.72. The summed E-state index contributed by atoms with van der Waals surface area (Å²) >= 11 is 0. The van der Waals surface area contributed by atoms with Crippen molar-refractivity contribution in [3.63, 3.8) is 0 Å². The summed E-state index contributed by atoms with van der Waals surface area (Å²) < 4.78 is 0. The van der Waals surface area contributed by atoms with E-state index in [2.05, 4.69) is 32.1 Å². The van der Waals surface area contributed by atoms with E-state index in [9.17, 15) is 0 Å². The molecule has 0 saturated heterocycles. The molecule has 4 nitrogen and oxygen atoms in total. The molecule has 0 radical (unpaired) electrons. The van der Waals surface area contributed by atoms with Gasteiger partial charge in [-0.3, -0.25) is 0 Å². The number of nitrogens with zero attached hydrogens (tertiary/aromatic N) is 2. The quantitative estimate of drug-likeness (QED) is 0.769. The SMILES string of the molecule is C1=CC(c2cnc[nH]2)(c2cnc[nH]2)C=C1. The molecule has 0 aliphatic heterocycles. The van der Waals surface area contributed by atoms with Crippen LogP contribution in [-0.2, 0) is 5.41 Å². The molecule has 2 aromatic rings. The van der Waals surface area contributed by atoms with E-state index in [1.807, 2.05) is 24.5 Å². The largest absolute Gasteiger partial charge is 0.347 e. The Balaban J connectivity index is 2.20. The minimum absolute atomic E-state index is 0.257. The minimum atomic E-state index is -0.257. The molecule has 3 rings (SSSR count). The summed E-state index contributed by atoms with van der Waals surface area (Å²) in [4.78, 5) is 14.4. The van der Waals surface area contributed by atoms with Gasteiger partial charge in [-0.1, -0.05) is 24.3 Å². The second kappa shape index (κ2) is 2.95. The fraction of sp³-hybridized carbons (Fsp3) is 0.0909. The van der Waals surface area contributed by atoms with Crippen LogP contribution in [0.4, 0.5) is 0 Å². The smallest absolute Gasteiger partial charge is 0.0922 e. The van der Waals surface area contributed by atoms with Crippen molar-refractivity contribution in [1.29, 1.82) is 0 Å². The summed E-state index contributed by atoms with van der Waals surface area (Å²) in [6.45, 7) is 0. The molecule has 0 unspecified atom stereocenters. The average molecular weight is 198 g/mol. The summed E-state index contributed by atoms with van der Waals surface area (Å²) in [7, 11) is 0. The van der Waals surface area contributed by atoms with Crippen LogP contribution in [-0.4, -0.2) is 19.9 Å². The third-order valence-electron chi connectivity index (χ3n) is 2.72. The fourth-order valence-corrected chi connectivity index (χ4v) is 1.94. The molecule has 1 aliphatic rings. The molecule has 4 heteroatoms. The lowest BCUT2D eigenvalue weighted by atomic mass is 9.83. The zero-order valence-corrected chi connectivity index (χ0v) is 8.01. The standard InChI is InChI=1S/C11H10N4/c1-2-4-11(3-1,9-5-12-7-14-9)10-6-13-8-15-10/h1-8H,(H,12,14)(H,13,15). The Labute approximate surface area is 86.8 Å². The van der Waals surface area contributed by atoms with Crippen LogP contribution in [0.3, 0.4) is 0 Å². The molecule has 0 fully saturated rings. The maximum atomic E-state index is 4.06. The Morgan fingerprint density at radius 2 is 1.40 bits per heavy atom. The average Bonchev–Trinajstić information content (AvgIpc) is 3.02. The predicted octanol–water partition coefficient (Wildman–Crippen LogP) is 1.54. The van der Waals surface area contributed by atoms with Crippen LogP contribution in [0.5, 0.6) is 0 Å². The van der Waals surface area contributed by atoms with Crippen LogP contribution in [0, 0.1) is 0 Å². The van der Waals surface area contributed by atoms with Crippen molar-refractivity contribution in [3.8, 4) is 0 Å². The number of hydrogen-bond acceptors (Lipinski definition) is 2. The summed E-state index contributed by atoms with van der Waals surface area (Å²) in [6.07, 6.45) is 15.3. The van der Waals surface area contributed by atoms with E-state index < -0.39 is 0 Å². The number of aromatic amines is 2. The number of H-pyrrole nitrogens is 2. The maximum absolute atomic E-state index is 4.06. The second-order valence-electron chi connectivity index (χ2n) is 3.52. The molecule has 0 aromatic carbocycles. The number of allylic oxidation sites excluding steroid dienone is 4. The van der Waals surface area contributed by atoms with E-state index in [0.717, 1.165) is 11.4 Å². The Kier molecular flexibility index (Phi) is 1.62. The van der Waals surface area contributed by atoms with Gasteiger partial charge in [0.25, 0.3) is 0 Å². The number of hydrogen-bond donors (Lipinski definition) is 2. The topological polar surface area (TPSA) is 57.4 Å². The van der Waals surface area contributed by atoms with E-state index in [1.165, 1.54) is 0 Å². The van der Waals surface area contributed by atoms with Gasteiger partial charge in [0.2, 0.25) is 0 Å². The first-order valence-electron chi connectivity index (χ1n) is 4.76. The zero-order chi connectivity index (χ0) is 10.1. The monoisotopic (exact) mass is 198 g/mol. The van der Waals surface area contributed by atoms with Gasteiger partial charge in [-0.2, -0.15) is 0 Å². The van der Waals surface area contributed by atoms with Crippen molar-refractivity contribution in [1.82, 2.24) is 19.9 Å². The molecule has 74 valence electrons. The van der Waals surface area contributed by atoms with Crippen molar-refractivity contribution >= 4 is 0 Å². The first-order chi connectivity index (χ1) is 7.42. The molecular weight excluding hydrogens is 188 g/mol. The molecule has 15 heavy (non-hydrogen) atoms. The molecule has 0 bridgehead atoms. The second-order valence-corrected chi connectivity index (χ2v) is 3.52. The van der Waals surface area contributed by atoms with Gasteiger partial charge in [0.1, 0.15) is 0 Å². The minimum Gasteiger partial charge on any atom is -0.347 e. The molecule has 2 aromatic heterocycles. The lowest BCUT2D eigenvalue weighted by Gasteiger charge is -2.21. The van der Waals surface area contributed by atoms with E-state index >= 15 is 0 Å². The Bertz CT molecular complexity index is 442. The molecule has 0 saturated carbocycles. The highest BCUT2D eigenvalue weighted by molar-refractivity contribution is 5.47. The highest BCUT2D eigenvalue weighted by Crippen LogP contribution is 2.35. The Hall–Kier alpha value is -2.10. The van der Waals surface area contributed by atoms with Crippen LogP contribution in [0.25, 0.3) is 0 Å². The third kappa shape index (κ3) is 1.08. The summed E-state index contributed by atoms with van der Waals surface area (Å²) in [5.74, 6) is 0. The highest BCUT2D eigenvalue weighted by atomic mass is 14.9. The van der Waals surface area contributed by atoms with Gasteiger partial charge in [0, 0.05) is 12.4 Å². The lowest BCUT2D eigenvalue weighted by molar-refractivity contribution is 0.767. The Morgan fingerprint density at radius 3 is 1.80 bits per heavy atom. The van der Waals surface area contributed by atoms with Gasteiger partial charge in [-0.15, -0.1) is 0 Å². The molecule has 1 aliphatic carbocycles. The number of rotatable bonds is 2. The van der Waals surface area contributed by atoms with Crippen LogP contribution >= 0.6 is 0 Å². The van der Waals surface area contributed by atoms with Gasteiger partial charge >= 0.3 is 0 Å². The summed E-state index contributed by atoms with van der Waals surface area (Å²) in [5.41, 5.74) is 1.82. The van der Waals surface area contributed by atoms with Crippen LogP contribution in [0.1, 0.15) is 11.4 Å². The van der Waals surface area contributed by atoms with Crippen molar-refractivity contribution < 1.29 is 0 Å². The predicted molar refractivity (Wildman–Crippen MR) is 56.2 cm³/mol. The van der Waals surface area contributed by atoms with Crippen LogP contribution < -0.4 is 0 Å². The van der Waals surface area contributed by atoms with Gasteiger partial charge in [0.05, 0.1) is 29.5 Å². The van der Waals surface area contributed by atoms with E-state index in [4.69, 9.17) is 0 Å². The molecule has 2 N–H and O–H groups in total. The van der Waals surface area contributed by atoms with Crippen LogP contribution in [0.15, 0.2) is 49.4 Å². The summed E-state index contributed by atoms with van der Waals surface area (Å²) in [6, 6.07) is 0. The molecular formula is C11H10N4. The van der Waals surface area contributed by atoms with Crippen LogP contribution in [0.2, 0.25) is 0 Å². The van der Waals surface area contributed by atoms with Crippen molar-refractivity contribution in [2.24, 2.45) is 0 Å². The number of nitrogens with one attached hydrogen (secondary N) is 2. The zero-order valence-electron chi connectivity index (χ0n) is 8.01. The summed E-state index contributed by atoms with van der Waals surface area (Å²) in [5, 5.41) is 0. The van der Waals surface area contributed by atoms with E-state index in [0.29, 0.717) is 0 Å². The molecule has 2 heterocycles. The number of aromatic nitrogens is 4. The molecule has 0 spiro atoms. The first kappa shape index (κ1) is 8.23. The van der Waals surface area contributed by atoms with E-state index in [1.54, 1.807) is 12.7 Å².